The molecule has 2 N–H and O–H groups in total. The minimum atomic E-state index is -0.344. The largest absolute Gasteiger partial charge is 0.345 e. The van der Waals surface area contributed by atoms with E-state index in [0.717, 1.165) is 33.4 Å². The minimum Gasteiger partial charge on any atom is -0.345 e. The molecule has 2 amide bonds. The molecule has 5 nitrogen and oxygen atoms in total. The number of hydrogen-bond acceptors (Lipinski definition) is 3. The molecule has 6 heteroatoms. The van der Waals surface area contributed by atoms with Gasteiger partial charge in [0.05, 0.1) is 17.4 Å². The fourth-order valence-corrected chi connectivity index (χ4v) is 3.92. The van der Waals surface area contributed by atoms with Crippen LogP contribution < -0.4 is 10.2 Å². The van der Waals surface area contributed by atoms with Crippen LogP contribution in [-0.4, -0.2) is 21.0 Å². The molecule has 1 unspecified atom stereocenters. The van der Waals surface area contributed by atoms with E-state index in [2.05, 4.69) is 39.6 Å². The van der Waals surface area contributed by atoms with Crippen LogP contribution in [0.15, 0.2) is 79.1 Å². The highest BCUT2D eigenvalue weighted by atomic mass is 32.1. The van der Waals surface area contributed by atoms with Crippen molar-refractivity contribution in [3.05, 3.63) is 84.7 Å². The van der Waals surface area contributed by atoms with Crippen molar-refractivity contribution in [1.29, 1.82) is 0 Å². The smallest absolute Gasteiger partial charge is 0.327 e. The van der Waals surface area contributed by atoms with Crippen molar-refractivity contribution in [2.45, 2.75) is 6.04 Å². The van der Waals surface area contributed by atoms with Gasteiger partial charge in [-0.1, -0.05) is 66.8 Å². The van der Waals surface area contributed by atoms with E-state index in [4.69, 9.17) is 12.2 Å². The molecule has 1 atom stereocenters. The summed E-state index contributed by atoms with van der Waals surface area (Å²) in [6.07, 6.45) is 1.64. The van der Waals surface area contributed by atoms with E-state index < -0.39 is 0 Å². The van der Waals surface area contributed by atoms with Crippen molar-refractivity contribution in [3.63, 3.8) is 0 Å². The van der Waals surface area contributed by atoms with E-state index in [0.29, 0.717) is 4.99 Å². The van der Waals surface area contributed by atoms with Crippen LogP contribution >= 0.6 is 12.2 Å². The molecule has 2 heterocycles. The third-order valence-corrected chi connectivity index (χ3v) is 5.30. The number of carbonyl (C=O) groups is 1. The Bertz CT molecular complexity index is 1180. The Kier molecular flexibility index (Phi) is 3.91. The van der Waals surface area contributed by atoms with Gasteiger partial charge >= 0.3 is 6.03 Å². The highest BCUT2D eigenvalue weighted by Gasteiger charge is 2.37. The zero-order valence-electron chi connectivity index (χ0n) is 14.8. The average Bonchev–Trinajstić information content (AvgIpc) is 3.31. The first-order valence-electron chi connectivity index (χ1n) is 8.93. The number of rotatable bonds is 3. The van der Waals surface area contributed by atoms with E-state index >= 15 is 0 Å². The third kappa shape index (κ3) is 2.75. The molecule has 0 spiro atoms. The lowest BCUT2D eigenvalue weighted by Gasteiger charge is -2.23. The van der Waals surface area contributed by atoms with Crippen molar-refractivity contribution in [2.75, 3.05) is 4.90 Å². The number of benzene rings is 3. The number of imidazole rings is 1. The molecule has 0 bridgehead atoms. The summed E-state index contributed by atoms with van der Waals surface area (Å²) in [4.78, 5) is 22.2. The Morgan fingerprint density at radius 1 is 0.929 bits per heavy atom. The standard InChI is InChI=1S/C22H16N4OS/c27-22-25-21(28)20(26(22)17-10-11-18-19(12-17)24-13-23-18)16-8-6-15(7-9-16)14-4-2-1-3-5-14/h1-13,20H,(H,23,24)(H,25,27,28). The van der Waals surface area contributed by atoms with Gasteiger partial charge in [0, 0.05) is 5.69 Å². The number of amides is 2. The van der Waals surface area contributed by atoms with Gasteiger partial charge in [-0.05, 0) is 34.9 Å². The second-order valence-electron chi connectivity index (χ2n) is 6.66. The predicted octanol–water partition coefficient (Wildman–Crippen LogP) is 4.83. The maximum atomic E-state index is 12.6. The Labute approximate surface area is 167 Å². The summed E-state index contributed by atoms with van der Waals surface area (Å²) in [6.45, 7) is 0. The summed E-state index contributed by atoms with van der Waals surface area (Å²) in [5, 5.41) is 2.79. The molecule has 4 aromatic rings. The third-order valence-electron chi connectivity index (χ3n) is 4.97. The number of H-pyrrole nitrogens is 1. The van der Waals surface area contributed by atoms with Crippen molar-refractivity contribution in [1.82, 2.24) is 15.3 Å². The normalized spacial score (nSPS) is 16.6. The number of urea groups is 1. The van der Waals surface area contributed by atoms with E-state index in [1.807, 2.05) is 48.5 Å². The first kappa shape index (κ1) is 16.6. The van der Waals surface area contributed by atoms with E-state index in [-0.39, 0.29) is 12.1 Å². The predicted molar refractivity (Wildman–Crippen MR) is 114 cm³/mol. The Morgan fingerprint density at radius 2 is 1.68 bits per heavy atom. The fourth-order valence-electron chi connectivity index (χ4n) is 3.59. The van der Waals surface area contributed by atoms with Crippen LogP contribution in [0.5, 0.6) is 0 Å². The van der Waals surface area contributed by atoms with E-state index in [1.54, 1.807) is 11.2 Å². The SMILES string of the molecule is O=C1NC(=S)C(c2ccc(-c3ccccc3)cc2)N1c1ccc2[nH]cnc2c1. The summed E-state index contributed by atoms with van der Waals surface area (Å²) in [5.74, 6) is 0. The summed E-state index contributed by atoms with van der Waals surface area (Å²) in [7, 11) is 0. The van der Waals surface area contributed by atoms with Crippen molar-refractivity contribution in [3.8, 4) is 11.1 Å². The van der Waals surface area contributed by atoms with Gasteiger partial charge in [-0.15, -0.1) is 0 Å². The summed E-state index contributed by atoms with van der Waals surface area (Å²) < 4.78 is 0. The maximum absolute atomic E-state index is 12.6. The highest BCUT2D eigenvalue weighted by Crippen LogP contribution is 2.34. The number of nitrogens with one attached hydrogen (secondary N) is 2. The molecule has 1 saturated heterocycles. The monoisotopic (exact) mass is 384 g/mol. The van der Waals surface area contributed by atoms with Crippen LogP contribution in [0, 0.1) is 0 Å². The van der Waals surface area contributed by atoms with E-state index in [1.165, 1.54) is 0 Å². The topological polar surface area (TPSA) is 61.0 Å². The quantitative estimate of drug-likeness (QED) is 0.498. The number of hydrogen-bond donors (Lipinski definition) is 2. The van der Waals surface area contributed by atoms with Crippen molar-refractivity contribution in [2.24, 2.45) is 0 Å². The Morgan fingerprint density at radius 3 is 2.46 bits per heavy atom. The fraction of sp³-hybridized carbons (Fsp3) is 0.0455. The molecular weight excluding hydrogens is 368 g/mol. The molecule has 0 radical (unpaired) electrons. The molecule has 1 fully saturated rings. The Balaban J connectivity index is 1.53. The zero-order valence-corrected chi connectivity index (χ0v) is 15.6. The van der Waals surface area contributed by atoms with Gasteiger partial charge in [0.15, 0.2) is 0 Å². The molecule has 0 aliphatic carbocycles. The van der Waals surface area contributed by atoms with Crippen molar-refractivity contribution >= 4 is 40.0 Å². The van der Waals surface area contributed by atoms with Crippen LogP contribution in [-0.2, 0) is 0 Å². The number of aromatic nitrogens is 2. The van der Waals surface area contributed by atoms with Crippen LogP contribution in [0.25, 0.3) is 22.2 Å². The van der Waals surface area contributed by atoms with Crippen LogP contribution in [0.1, 0.15) is 11.6 Å². The van der Waals surface area contributed by atoms with Crippen LogP contribution in [0.4, 0.5) is 10.5 Å². The molecule has 1 aromatic heterocycles. The molecule has 1 aliphatic heterocycles. The first-order chi connectivity index (χ1) is 13.7. The lowest BCUT2D eigenvalue weighted by molar-refractivity contribution is 0.252. The summed E-state index contributed by atoms with van der Waals surface area (Å²) in [5.41, 5.74) is 5.73. The van der Waals surface area contributed by atoms with Crippen LogP contribution in [0.2, 0.25) is 0 Å². The second kappa shape index (κ2) is 6.58. The van der Waals surface area contributed by atoms with Crippen molar-refractivity contribution < 1.29 is 4.79 Å². The number of thiocarbonyl (C=S) groups is 1. The maximum Gasteiger partial charge on any atom is 0.327 e. The Hall–Kier alpha value is -3.51. The first-order valence-corrected chi connectivity index (χ1v) is 9.34. The van der Waals surface area contributed by atoms with Crippen LogP contribution in [0.3, 0.4) is 0 Å². The van der Waals surface area contributed by atoms with Gasteiger partial charge in [0.25, 0.3) is 0 Å². The van der Waals surface area contributed by atoms with Gasteiger partial charge in [0.1, 0.15) is 11.0 Å². The highest BCUT2D eigenvalue weighted by molar-refractivity contribution is 7.80. The zero-order chi connectivity index (χ0) is 19.1. The van der Waals surface area contributed by atoms with Gasteiger partial charge in [-0.2, -0.15) is 0 Å². The second-order valence-corrected chi connectivity index (χ2v) is 7.10. The number of nitrogens with zero attached hydrogens (tertiary/aromatic N) is 2. The number of fused-ring (bicyclic) bond motifs is 1. The minimum absolute atomic E-state index is 0.225. The molecule has 5 rings (SSSR count). The lowest BCUT2D eigenvalue weighted by Crippen LogP contribution is -2.29. The average molecular weight is 384 g/mol. The number of carbonyl (C=O) groups excluding carboxylic acids is 1. The molecule has 0 saturated carbocycles. The number of aromatic amines is 1. The molecular formula is C22H16N4OS. The lowest BCUT2D eigenvalue weighted by atomic mass is 10.00. The van der Waals surface area contributed by atoms with Gasteiger partial charge in [-0.25, -0.2) is 9.78 Å². The summed E-state index contributed by atoms with van der Waals surface area (Å²) in [6, 6.07) is 23.5. The summed E-state index contributed by atoms with van der Waals surface area (Å²) >= 11 is 5.49. The molecule has 1 aliphatic rings. The van der Waals surface area contributed by atoms with Gasteiger partial charge in [0.2, 0.25) is 0 Å². The molecule has 3 aromatic carbocycles. The van der Waals surface area contributed by atoms with Gasteiger partial charge < -0.3 is 4.98 Å². The molecule has 28 heavy (non-hydrogen) atoms. The molecule has 136 valence electrons. The number of anilines is 1. The van der Waals surface area contributed by atoms with E-state index in [9.17, 15) is 4.79 Å². The van der Waals surface area contributed by atoms with Gasteiger partial charge in [-0.3, -0.25) is 10.2 Å².